The summed E-state index contributed by atoms with van der Waals surface area (Å²) in [4.78, 5) is 18.7. The highest BCUT2D eigenvalue weighted by atomic mass is 16.3. The van der Waals surface area contributed by atoms with Crippen LogP contribution in [0, 0.1) is 6.92 Å². The van der Waals surface area contributed by atoms with Crippen LogP contribution in [0.15, 0.2) is 53.4 Å². The third-order valence-corrected chi connectivity index (χ3v) is 6.24. The van der Waals surface area contributed by atoms with Crippen LogP contribution < -0.4 is 10.6 Å². The molecule has 0 spiro atoms. The number of nitrogens with two attached hydrogens (primary N) is 1. The molecule has 1 aliphatic rings. The monoisotopic (exact) mass is 443 g/mol. The van der Waals surface area contributed by atoms with E-state index in [2.05, 4.69) is 61.0 Å². The van der Waals surface area contributed by atoms with Gasteiger partial charge in [-0.1, -0.05) is 17.7 Å². The van der Waals surface area contributed by atoms with Crippen molar-refractivity contribution in [1.29, 1.82) is 0 Å². The molecule has 6 rings (SSSR count). The molecule has 5 aromatic rings. The van der Waals surface area contributed by atoms with Crippen molar-refractivity contribution in [2.45, 2.75) is 13.5 Å². The summed E-state index contributed by atoms with van der Waals surface area (Å²) in [5.74, 6) is 1.31. The molecule has 0 saturated carbocycles. The van der Waals surface area contributed by atoms with E-state index in [4.69, 9.17) is 10.2 Å². The molecule has 0 atom stereocenters. The number of piperazine rings is 1. The highest BCUT2D eigenvalue weighted by Crippen LogP contribution is 2.23. The molecule has 0 amide bonds. The van der Waals surface area contributed by atoms with Crippen molar-refractivity contribution in [3.8, 4) is 11.6 Å². The Morgan fingerprint density at radius 3 is 2.55 bits per heavy atom. The zero-order valence-electron chi connectivity index (χ0n) is 18.4. The summed E-state index contributed by atoms with van der Waals surface area (Å²) in [5.41, 5.74) is 10.8. The van der Waals surface area contributed by atoms with Gasteiger partial charge in [-0.25, -0.2) is 9.97 Å². The minimum absolute atomic E-state index is 0.274. The SMILES string of the molecule is Cc1ccc(N2CCN(CCn3cnc4c3nc(N)n3nc(-c5ccco5)nc43)CC2)cc1. The maximum absolute atomic E-state index is 6.20. The Balaban J connectivity index is 1.17. The van der Waals surface area contributed by atoms with Crippen molar-refractivity contribution in [3.63, 3.8) is 0 Å². The Kier molecular flexibility index (Phi) is 4.72. The van der Waals surface area contributed by atoms with Crippen molar-refractivity contribution >= 4 is 28.4 Å². The number of rotatable bonds is 5. The molecule has 1 fully saturated rings. The van der Waals surface area contributed by atoms with E-state index < -0.39 is 0 Å². The molecular formula is C23H25N9O. The first-order valence-corrected chi connectivity index (χ1v) is 11.1. The molecule has 168 valence electrons. The Bertz CT molecular complexity index is 1390. The minimum atomic E-state index is 0.274. The smallest absolute Gasteiger partial charge is 0.225 e. The third-order valence-electron chi connectivity index (χ3n) is 6.24. The lowest BCUT2D eigenvalue weighted by Crippen LogP contribution is -2.47. The number of hydrogen-bond acceptors (Lipinski definition) is 8. The Labute approximate surface area is 190 Å². The number of benzene rings is 1. The highest BCUT2D eigenvalue weighted by Gasteiger charge is 2.20. The highest BCUT2D eigenvalue weighted by molar-refractivity contribution is 5.87. The molecule has 10 heteroatoms. The second-order valence-corrected chi connectivity index (χ2v) is 8.39. The lowest BCUT2D eigenvalue weighted by Gasteiger charge is -2.36. The summed E-state index contributed by atoms with van der Waals surface area (Å²) in [5, 5.41) is 4.43. The molecule has 10 nitrogen and oxygen atoms in total. The molecule has 5 heterocycles. The van der Waals surface area contributed by atoms with Crippen molar-refractivity contribution in [2.75, 3.05) is 43.4 Å². The first-order chi connectivity index (χ1) is 16.2. The maximum Gasteiger partial charge on any atom is 0.225 e. The van der Waals surface area contributed by atoms with E-state index in [-0.39, 0.29) is 5.95 Å². The number of imidazole rings is 1. The molecule has 0 radical (unpaired) electrons. The van der Waals surface area contributed by atoms with Gasteiger partial charge in [-0.3, -0.25) is 4.90 Å². The van der Waals surface area contributed by atoms with Crippen LogP contribution in [0.25, 0.3) is 28.4 Å². The summed E-state index contributed by atoms with van der Waals surface area (Å²) in [6.45, 7) is 7.92. The summed E-state index contributed by atoms with van der Waals surface area (Å²) in [6.07, 6.45) is 3.40. The second-order valence-electron chi connectivity index (χ2n) is 8.39. The van der Waals surface area contributed by atoms with Crippen molar-refractivity contribution in [3.05, 3.63) is 54.6 Å². The summed E-state index contributed by atoms with van der Waals surface area (Å²) < 4.78 is 8.98. The van der Waals surface area contributed by atoms with Crippen LogP contribution >= 0.6 is 0 Å². The Morgan fingerprint density at radius 2 is 1.79 bits per heavy atom. The number of anilines is 2. The van der Waals surface area contributed by atoms with Gasteiger partial charge in [0.25, 0.3) is 0 Å². The van der Waals surface area contributed by atoms with Gasteiger partial charge in [-0.15, -0.1) is 5.10 Å². The van der Waals surface area contributed by atoms with Gasteiger partial charge in [0.05, 0.1) is 12.6 Å². The quantitative estimate of drug-likeness (QED) is 0.441. The van der Waals surface area contributed by atoms with E-state index >= 15 is 0 Å². The third kappa shape index (κ3) is 3.58. The molecule has 1 aliphatic heterocycles. The predicted molar refractivity (Wildman–Crippen MR) is 126 cm³/mol. The number of aromatic nitrogens is 6. The van der Waals surface area contributed by atoms with E-state index in [1.54, 1.807) is 18.7 Å². The van der Waals surface area contributed by atoms with Crippen LogP contribution in [0.4, 0.5) is 11.6 Å². The number of furan rings is 1. The molecule has 0 aliphatic carbocycles. The standard InChI is InChI=1S/C23H25N9O/c1-16-4-6-17(7-5-16)30-11-8-29(9-12-30)10-13-31-15-25-19-21(31)27-23(24)32-22(19)26-20(28-32)18-3-2-14-33-18/h2-7,14-15H,8-13H2,1H3,(H2,24,27). The molecule has 33 heavy (non-hydrogen) atoms. The van der Waals surface area contributed by atoms with Crippen LogP contribution in [0.2, 0.25) is 0 Å². The van der Waals surface area contributed by atoms with Gasteiger partial charge in [0.15, 0.2) is 22.6 Å². The average Bonchev–Trinajstić information content (AvgIpc) is 3.58. The van der Waals surface area contributed by atoms with Crippen LogP contribution in [0.3, 0.4) is 0 Å². The average molecular weight is 444 g/mol. The lowest BCUT2D eigenvalue weighted by molar-refractivity contribution is 0.249. The van der Waals surface area contributed by atoms with E-state index in [1.807, 2.05) is 10.6 Å². The topological polar surface area (TPSA) is 107 Å². The van der Waals surface area contributed by atoms with Crippen LogP contribution in [-0.4, -0.2) is 66.8 Å². The second kappa shape index (κ2) is 7.89. The maximum atomic E-state index is 6.20. The molecule has 4 aromatic heterocycles. The summed E-state index contributed by atoms with van der Waals surface area (Å²) in [7, 11) is 0. The van der Waals surface area contributed by atoms with Crippen molar-refractivity contribution in [2.24, 2.45) is 0 Å². The number of aryl methyl sites for hydroxylation is 1. The predicted octanol–water partition coefficient (Wildman–Crippen LogP) is 2.45. The number of fused-ring (bicyclic) bond motifs is 3. The summed E-state index contributed by atoms with van der Waals surface area (Å²) >= 11 is 0. The first kappa shape index (κ1) is 19.7. The molecule has 0 unspecified atom stereocenters. The van der Waals surface area contributed by atoms with Gasteiger partial charge in [0.1, 0.15) is 0 Å². The van der Waals surface area contributed by atoms with Gasteiger partial charge in [-0.2, -0.15) is 9.50 Å². The largest absolute Gasteiger partial charge is 0.461 e. The Hall–Kier alpha value is -3.92. The Morgan fingerprint density at radius 1 is 0.970 bits per heavy atom. The lowest BCUT2D eigenvalue weighted by atomic mass is 10.2. The number of hydrogen-bond donors (Lipinski definition) is 1. The fraction of sp³-hybridized carbons (Fsp3) is 0.304. The first-order valence-electron chi connectivity index (χ1n) is 11.1. The van der Waals surface area contributed by atoms with E-state index in [1.165, 1.54) is 15.8 Å². The fourth-order valence-corrected chi connectivity index (χ4v) is 4.34. The van der Waals surface area contributed by atoms with Gasteiger partial charge in [-0.05, 0) is 31.2 Å². The molecular weight excluding hydrogens is 418 g/mol. The fourth-order valence-electron chi connectivity index (χ4n) is 4.34. The van der Waals surface area contributed by atoms with Crippen LogP contribution in [0.1, 0.15) is 5.56 Å². The van der Waals surface area contributed by atoms with Gasteiger partial charge < -0.3 is 19.6 Å². The van der Waals surface area contributed by atoms with Gasteiger partial charge in [0, 0.05) is 45.0 Å². The van der Waals surface area contributed by atoms with E-state index in [0.29, 0.717) is 22.7 Å². The number of nitrogens with zero attached hydrogens (tertiary/aromatic N) is 8. The molecule has 1 saturated heterocycles. The van der Waals surface area contributed by atoms with Crippen molar-refractivity contribution < 1.29 is 4.42 Å². The van der Waals surface area contributed by atoms with Crippen LogP contribution in [-0.2, 0) is 6.54 Å². The zero-order valence-corrected chi connectivity index (χ0v) is 18.4. The van der Waals surface area contributed by atoms with E-state index in [9.17, 15) is 0 Å². The normalized spacial score (nSPS) is 15.1. The number of nitrogen functional groups attached to an aromatic ring is 1. The molecule has 1 aromatic carbocycles. The summed E-state index contributed by atoms with van der Waals surface area (Å²) in [6, 6.07) is 12.4. The minimum Gasteiger partial charge on any atom is -0.461 e. The van der Waals surface area contributed by atoms with Crippen LogP contribution in [0.5, 0.6) is 0 Å². The van der Waals surface area contributed by atoms with Gasteiger partial charge in [0.2, 0.25) is 11.8 Å². The molecule has 2 N–H and O–H groups in total. The van der Waals surface area contributed by atoms with Gasteiger partial charge >= 0.3 is 0 Å². The zero-order chi connectivity index (χ0) is 22.4. The van der Waals surface area contributed by atoms with Crippen molar-refractivity contribution in [1.82, 2.24) is 34.0 Å². The van der Waals surface area contributed by atoms with E-state index in [0.717, 1.165) is 44.9 Å². The molecule has 0 bridgehead atoms.